The molecule has 0 radical (unpaired) electrons. The van der Waals surface area contributed by atoms with E-state index < -0.39 is 0 Å². The third-order valence-corrected chi connectivity index (χ3v) is 3.89. The predicted molar refractivity (Wildman–Crippen MR) is 70.1 cm³/mol. The number of benzene rings is 1. The Balaban J connectivity index is 1.42. The highest BCUT2D eigenvalue weighted by Gasteiger charge is 2.45. The third kappa shape index (κ3) is 3.10. The second kappa shape index (κ2) is 5.39. The number of hydrogen-bond acceptors (Lipinski definition) is 3. The molecule has 1 aliphatic carbocycles. The summed E-state index contributed by atoms with van der Waals surface area (Å²) < 4.78 is 11.5. The summed E-state index contributed by atoms with van der Waals surface area (Å²) in [6.07, 6.45) is 3.92. The topological polar surface area (TPSA) is 30.5 Å². The average molecular weight is 247 g/mol. The van der Waals surface area contributed by atoms with Gasteiger partial charge in [-0.2, -0.15) is 0 Å². The summed E-state index contributed by atoms with van der Waals surface area (Å²) in [4.78, 5) is 0. The van der Waals surface area contributed by atoms with Gasteiger partial charge in [0.05, 0.1) is 19.8 Å². The highest BCUT2D eigenvalue weighted by Crippen LogP contribution is 2.50. The molecule has 98 valence electrons. The molecular weight excluding hydrogens is 226 g/mol. The second-order valence-corrected chi connectivity index (χ2v) is 5.50. The quantitative estimate of drug-likeness (QED) is 0.837. The van der Waals surface area contributed by atoms with E-state index in [0.717, 1.165) is 32.8 Å². The fourth-order valence-electron chi connectivity index (χ4n) is 2.55. The van der Waals surface area contributed by atoms with Gasteiger partial charge in [-0.25, -0.2) is 0 Å². The van der Waals surface area contributed by atoms with Crippen molar-refractivity contribution in [3.05, 3.63) is 35.9 Å². The molecule has 1 saturated carbocycles. The van der Waals surface area contributed by atoms with Crippen LogP contribution in [0.4, 0.5) is 0 Å². The van der Waals surface area contributed by atoms with Crippen molar-refractivity contribution < 1.29 is 9.47 Å². The molecule has 2 fully saturated rings. The first-order valence-corrected chi connectivity index (χ1v) is 6.83. The minimum absolute atomic E-state index is 0.257. The van der Waals surface area contributed by atoms with Gasteiger partial charge in [-0.1, -0.05) is 30.3 Å². The van der Waals surface area contributed by atoms with Gasteiger partial charge in [0, 0.05) is 6.54 Å². The van der Waals surface area contributed by atoms with Crippen LogP contribution >= 0.6 is 0 Å². The lowest BCUT2D eigenvalue weighted by atomic mass is 10.0. The van der Waals surface area contributed by atoms with Crippen LogP contribution in [-0.4, -0.2) is 26.0 Å². The second-order valence-electron chi connectivity index (χ2n) is 5.50. The van der Waals surface area contributed by atoms with E-state index in [0.29, 0.717) is 5.41 Å². The lowest BCUT2D eigenvalue weighted by molar-refractivity contribution is 0.0308. The Morgan fingerprint density at radius 1 is 1.28 bits per heavy atom. The molecule has 0 spiro atoms. The fraction of sp³-hybridized carbons (Fsp3) is 0.600. The van der Waals surface area contributed by atoms with Crippen LogP contribution < -0.4 is 5.32 Å². The first-order chi connectivity index (χ1) is 8.86. The number of rotatable bonds is 6. The summed E-state index contributed by atoms with van der Waals surface area (Å²) in [7, 11) is 0. The minimum Gasteiger partial charge on any atom is -0.376 e. The Bertz CT molecular complexity index is 369. The summed E-state index contributed by atoms with van der Waals surface area (Å²) in [5.74, 6) is 0. The summed E-state index contributed by atoms with van der Waals surface area (Å²) >= 11 is 0. The van der Waals surface area contributed by atoms with Gasteiger partial charge < -0.3 is 9.47 Å². The average Bonchev–Trinajstić information content (AvgIpc) is 2.96. The molecule has 1 unspecified atom stereocenters. The molecule has 2 aliphatic rings. The molecule has 1 heterocycles. The van der Waals surface area contributed by atoms with E-state index in [4.69, 9.17) is 9.47 Å². The molecular formula is C15H21NO2. The van der Waals surface area contributed by atoms with Crippen molar-refractivity contribution in [3.8, 4) is 0 Å². The molecule has 1 aliphatic heterocycles. The SMILES string of the molecule is c1ccc(COCC2(CC3NCCO3)CC2)cc1. The van der Waals surface area contributed by atoms with Crippen LogP contribution in [-0.2, 0) is 16.1 Å². The highest BCUT2D eigenvalue weighted by atomic mass is 16.5. The monoisotopic (exact) mass is 247 g/mol. The van der Waals surface area contributed by atoms with Crippen molar-refractivity contribution in [3.63, 3.8) is 0 Å². The Labute approximate surface area is 108 Å². The largest absolute Gasteiger partial charge is 0.376 e. The Kier molecular flexibility index (Phi) is 3.64. The molecule has 1 saturated heterocycles. The third-order valence-electron chi connectivity index (χ3n) is 3.89. The maximum absolute atomic E-state index is 5.87. The molecule has 3 nitrogen and oxygen atoms in total. The van der Waals surface area contributed by atoms with E-state index in [1.807, 2.05) is 6.07 Å². The normalized spacial score (nSPS) is 25.2. The molecule has 0 bridgehead atoms. The summed E-state index contributed by atoms with van der Waals surface area (Å²) in [5, 5.41) is 3.38. The summed E-state index contributed by atoms with van der Waals surface area (Å²) in [6.45, 7) is 3.43. The van der Waals surface area contributed by atoms with E-state index in [9.17, 15) is 0 Å². The lowest BCUT2D eigenvalue weighted by Crippen LogP contribution is -2.28. The molecule has 1 atom stereocenters. The summed E-state index contributed by atoms with van der Waals surface area (Å²) in [6, 6.07) is 10.4. The summed E-state index contributed by atoms with van der Waals surface area (Å²) in [5.41, 5.74) is 1.64. The maximum atomic E-state index is 5.87. The first kappa shape index (κ1) is 12.2. The minimum atomic E-state index is 0.257. The first-order valence-electron chi connectivity index (χ1n) is 6.83. The van der Waals surface area contributed by atoms with Gasteiger partial charge in [-0.05, 0) is 30.2 Å². The molecule has 1 aromatic rings. The maximum Gasteiger partial charge on any atom is 0.108 e. The molecule has 3 heteroatoms. The number of nitrogens with one attached hydrogen (secondary N) is 1. The van der Waals surface area contributed by atoms with Crippen LogP contribution in [0.25, 0.3) is 0 Å². The Hall–Kier alpha value is -0.900. The fourth-order valence-corrected chi connectivity index (χ4v) is 2.55. The zero-order valence-electron chi connectivity index (χ0n) is 10.7. The van der Waals surface area contributed by atoms with E-state index >= 15 is 0 Å². The highest BCUT2D eigenvalue weighted by molar-refractivity contribution is 5.13. The molecule has 18 heavy (non-hydrogen) atoms. The van der Waals surface area contributed by atoms with Crippen molar-refractivity contribution in [1.29, 1.82) is 0 Å². The van der Waals surface area contributed by atoms with Gasteiger partial charge in [-0.15, -0.1) is 0 Å². The van der Waals surface area contributed by atoms with Crippen LogP contribution in [0, 0.1) is 5.41 Å². The molecule has 3 rings (SSSR count). The smallest absolute Gasteiger partial charge is 0.108 e. The van der Waals surface area contributed by atoms with E-state index in [-0.39, 0.29) is 6.23 Å². The van der Waals surface area contributed by atoms with Crippen LogP contribution in [0.2, 0.25) is 0 Å². The van der Waals surface area contributed by atoms with Gasteiger partial charge in [0.15, 0.2) is 0 Å². The number of ether oxygens (including phenoxy) is 2. The lowest BCUT2D eigenvalue weighted by Gasteiger charge is -2.19. The van der Waals surface area contributed by atoms with Crippen LogP contribution in [0.1, 0.15) is 24.8 Å². The van der Waals surface area contributed by atoms with Crippen molar-refractivity contribution >= 4 is 0 Å². The van der Waals surface area contributed by atoms with Crippen molar-refractivity contribution in [1.82, 2.24) is 5.32 Å². The van der Waals surface area contributed by atoms with Crippen molar-refractivity contribution in [2.24, 2.45) is 5.41 Å². The van der Waals surface area contributed by atoms with Gasteiger partial charge in [0.25, 0.3) is 0 Å². The van der Waals surface area contributed by atoms with Gasteiger partial charge >= 0.3 is 0 Å². The zero-order chi connectivity index (χ0) is 12.3. The molecule has 0 amide bonds. The standard InChI is InChI=1S/C15H21NO2/c1-2-4-13(5-3-1)11-17-12-15(6-7-15)10-14-16-8-9-18-14/h1-5,14,16H,6-12H2. The van der Waals surface area contributed by atoms with E-state index in [2.05, 4.69) is 29.6 Å². The van der Waals surface area contributed by atoms with Crippen LogP contribution in [0.15, 0.2) is 30.3 Å². The van der Waals surface area contributed by atoms with Gasteiger partial charge in [0.2, 0.25) is 0 Å². The van der Waals surface area contributed by atoms with Crippen LogP contribution in [0.3, 0.4) is 0 Å². The van der Waals surface area contributed by atoms with Crippen molar-refractivity contribution in [2.45, 2.75) is 32.1 Å². The van der Waals surface area contributed by atoms with E-state index in [1.54, 1.807) is 0 Å². The van der Waals surface area contributed by atoms with Gasteiger partial charge in [0.1, 0.15) is 6.23 Å². The molecule has 1 N–H and O–H groups in total. The zero-order valence-corrected chi connectivity index (χ0v) is 10.7. The van der Waals surface area contributed by atoms with E-state index in [1.165, 1.54) is 18.4 Å². The number of hydrogen-bond donors (Lipinski definition) is 1. The van der Waals surface area contributed by atoms with Crippen molar-refractivity contribution in [2.75, 3.05) is 19.8 Å². The molecule has 0 aromatic heterocycles. The molecule has 1 aromatic carbocycles. The Morgan fingerprint density at radius 3 is 2.78 bits per heavy atom. The van der Waals surface area contributed by atoms with Crippen LogP contribution in [0.5, 0.6) is 0 Å². The predicted octanol–water partition coefficient (Wildman–Crippen LogP) is 2.32. The Morgan fingerprint density at radius 2 is 2.11 bits per heavy atom. The van der Waals surface area contributed by atoms with Gasteiger partial charge in [-0.3, -0.25) is 5.32 Å².